The molecule has 0 bridgehead atoms. The minimum atomic E-state index is 0.700. The highest BCUT2D eigenvalue weighted by molar-refractivity contribution is 5.45. The van der Waals surface area contributed by atoms with Crippen LogP contribution in [0.5, 0.6) is 11.5 Å². The third-order valence-corrected chi connectivity index (χ3v) is 1.95. The van der Waals surface area contributed by atoms with E-state index in [1.807, 2.05) is 32.9 Å². The predicted octanol–water partition coefficient (Wildman–Crippen LogP) is 2.71. The van der Waals surface area contributed by atoms with Crippen molar-refractivity contribution in [3.8, 4) is 11.5 Å². The molecule has 0 heterocycles. The van der Waals surface area contributed by atoms with Crippen molar-refractivity contribution in [1.29, 1.82) is 0 Å². The Kier molecular flexibility index (Phi) is 3.18. The molecule has 0 aromatic heterocycles. The fourth-order valence-electron chi connectivity index (χ4n) is 1.48. The summed E-state index contributed by atoms with van der Waals surface area (Å²) in [6.45, 7) is 6.73. The summed E-state index contributed by atoms with van der Waals surface area (Å²) in [4.78, 5) is 0. The van der Waals surface area contributed by atoms with Gasteiger partial charge < -0.3 is 9.47 Å². The highest BCUT2D eigenvalue weighted by Crippen LogP contribution is 2.27. The maximum Gasteiger partial charge on any atom is 0.124 e. The van der Waals surface area contributed by atoms with Gasteiger partial charge in [0.15, 0.2) is 0 Å². The number of hydrogen-bond donors (Lipinski definition) is 0. The molecule has 1 aromatic carbocycles. The lowest BCUT2D eigenvalue weighted by molar-refractivity contribution is 0.338. The van der Waals surface area contributed by atoms with Gasteiger partial charge >= 0.3 is 0 Å². The molecule has 2 heteroatoms. The van der Waals surface area contributed by atoms with E-state index in [0.29, 0.717) is 6.61 Å². The molecule has 0 aliphatic carbocycles. The molecule has 0 N–H and O–H groups in total. The molecular formula is C11H16O2. The topological polar surface area (TPSA) is 18.5 Å². The largest absolute Gasteiger partial charge is 0.496 e. The Balaban J connectivity index is 3.05. The van der Waals surface area contributed by atoms with Gasteiger partial charge in [-0.1, -0.05) is 0 Å². The van der Waals surface area contributed by atoms with Crippen LogP contribution in [-0.2, 0) is 0 Å². The van der Waals surface area contributed by atoms with Crippen LogP contribution in [0, 0.1) is 13.8 Å². The van der Waals surface area contributed by atoms with E-state index in [-0.39, 0.29) is 0 Å². The number of hydrogen-bond acceptors (Lipinski definition) is 2. The van der Waals surface area contributed by atoms with Gasteiger partial charge in [0.2, 0.25) is 0 Å². The number of rotatable bonds is 3. The van der Waals surface area contributed by atoms with Crippen LogP contribution in [0.1, 0.15) is 18.1 Å². The van der Waals surface area contributed by atoms with Crippen LogP contribution in [0.15, 0.2) is 12.1 Å². The Morgan fingerprint density at radius 3 is 2.08 bits per heavy atom. The zero-order valence-corrected chi connectivity index (χ0v) is 8.68. The molecular weight excluding hydrogens is 164 g/mol. The average molecular weight is 180 g/mol. The van der Waals surface area contributed by atoms with Gasteiger partial charge in [0.05, 0.1) is 13.7 Å². The predicted molar refractivity (Wildman–Crippen MR) is 53.6 cm³/mol. The van der Waals surface area contributed by atoms with Crippen LogP contribution in [0.3, 0.4) is 0 Å². The quantitative estimate of drug-likeness (QED) is 0.712. The van der Waals surface area contributed by atoms with Crippen molar-refractivity contribution in [2.45, 2.75) is 20.8 Å². The van der Waals surface area contributed by atoms with E-state index in [1.165, 1.54) is 0 Å². The fourth-order valence-corrected chi connectivity index (χ4v) is 1.48. The second kappa shape index (κ2) is 4.17. The monoisotopic (exact) mass is 180 g/mol. The zero-order chi connectivity index (χ0) is 9.84. The van der Waals surface area contributed by atoms with E-state index in [0.717, 1.165) is 22.6 Å². The average Bonchev–Trinajstić information content (AvgIpc) is 2.04. The molecule has 1 aromatic rings. The third kappa shape index (κ3) is 2.14. The highest BCUT2D eigenvalue weighted by atomic mass is 16.5. The van der Waals surface area contributed by atoms with Crippen LogP contribution in [0.4, 0.5) is 0 Å². The fraction of sp³-hybridized carbons (Fsp3) is 0.455. The van der Waals surface area contributed by atoms with Crippen molar-refractivity contribution in [3.63, 3.8) is 0 Å². The van der Waals surface area contributed by atoms with E-state index in [4.69, 9.17) is 9.47 Å². The Bertz CT molecular complexity index is 269. The summed E-state index contributed by atoms with van der Waals surface area (Å²) >= 11 is 0. The number of aryl methyl sites for hydroxylation is 2. The lowest BCUT2D eigenvalue weighted by atomic mass is 10.1. The Morgan fingerprint density at radius 1 is 1.15 bits per heavy atom. The van der Waals surface area contributed by atoms with E-state index in [1.54, 1.807) is 7.11 Å². The third-order valence-electron chi connectivity index (χ3n) is 1.95. The van der Waals surface area contributed by atoms with Gasteiger partial charge in [0.25, 0.3) is 0 Å². The first kappa shape index (κ1) is 9.90. The van der Waals surface area contributed by atoms with Gasteiger partial charge in [-0.05, 0) is 44.0 Å². The molecule has 0 saturated heterocycles. The van der Waals surface area contributed by atoms with Gasteiger partial charge in [-0.2, -0.15) is 0 Å². The summed E-state index contributed by atoms with van der Waals surface area (Å²) < 4.78 is 10.7. The molecule has 0 atom stereocenters. The number of ether oxygens (including phenoxy) is 2. The molecule has 13 heavy (non-hydrogen) atoms. The van der Waals surface area contributed by atoms with Crippen molar-refractivity contribution in [3.05, 3.63) is 23.3 Å². The lowest BCUT2D eigenvalue weighted by Gasteiger charge is -2.11. The van der Waals surface area contributed by atoms with Crippen molar-refractivity contribution in [2.75, 3.05) is 13.7 Å². The summed E-state index contributed by atoms with van der Waals surface area (Å²) in [5, 5.41) is 0. The molecule has 0 amide bonds. The summed E-state index contributed by atoms with van der Waals surface area (Å²) in [5.74, 6) is 1.86. The van der Waals surface area contributed by atoms with Crippen molar-refractivity contribution < 1.29 is 9.47 Å². The SMILES string of the molecule is CCOc1cc(C)c(OC)c(C)c1. The van der Waals surface area contributed by atoms with E-state index in [2.05, 4.69) is 0 Å². The van der Waals surface area contributed by atoms with E-state index in [9.17, 15) is 0 Å². The second-order valence-electron chi connectivity index (χ2n) is 3.02. The Hall–Kier alpha value is -1.18. The molecule has 0 spiro atoms. The summed E-state index contributed by atoms with van der Waals surface area (Å²) in [5.41, 5.74) is 2.23. The zero-order valence-electron chi connectivity index (χ0n) is 8.68. The molecule has 1 rings (SSSR count). The molecule has 72 valence electrons. The molecule has 0 saturated carbocycles. The molecule has 0 fully saturated rings. The van der Waals surface area contributed by atoms with Crippen LogP contribution >= 0.6 is 0 Å². The first-order chi connectivity index (χ1) is 6.19. The van der Waals surface area contributed by atoms with E-state index >= 15 is 0 Å². The minimum absolute atomic E-state index is 0.700. The molecule has 2 nitrogen and oxygen atoms in total. The molecule has 0 radical (unpaired) electrons. The smallest absolute Gasteiger partial charge is 0.124 e. The molecule has 0 aliphatic rings. The normalized spacial score (nSPS) is 9.85. The van der Waals surface area contributed by atoms with Gasteiger partial charge in [-0.25, -0.2) is 0 Å². The maximum atomic E-state index is 5.41. The van der Waals surface area contributed by atoms with Crippen molar-refractivity contribution >= 4 is 0 Å². The minimum Gasteiger partial charge on any atom is -0.496 e. The summed E-state index contributed by atoms with van der Waals surface area (Å²) in [6, 6.07) is 3.99. The van der Waals surface area contributed by atoms with Gasteiger partial charge in [0.1, 0.15) is 11.5 Å². The number of methoxy groups -OCH3 is 1. The highest BCUT2D eigenvalue weighted by Gasteiger charge is 2.04. The van der Waals surface area contributed by atoms with Crippen molar-refractivity contribution in [2.24, 2.45) is 0 Å². The molecule has 0 aliphatic heterocycles. The Labute approximate surface area is 79.5 Å². The van der Waals surface area contributed by atoms with Crippen LogP contribution < -0.4 is 9.47 Å². The van der Waals surface area contributed by atoms with Crippen LogP contribution in [0.2, 0.25) is 0 Å². The van der Waals surface area contributed by atoms with Crippen LogP contribution in [-0.4, -0.2) is 13.7 Å². The first-order valence-corrected chi connectivity index (χ1v) is 4.47. The van der Waals surface area contributed by atoms with Crippen LogP contribution in [0.25, 0.3) is 0 Å². The molecule has 0 unspecified atom stereocenters. The van der Waals surface area contributed by atoms with E-state index < -0.39 is 0 Å². The van der Waals surface area contributed by atoms with Crippen molar-refractivity contribution in [1.82, 2.24) is 0 Å². The first-order valence-electron chi connectivity index (χ1n) is 4.47. The van der Waals surface area contributed by atoms with Gasteiger partial charge in [0, 0.05) is 0 Å². The summed E-state index contributed by atoms with van der Waals surface area (Å²) in [7, 11) is 1.69. The number of benzene rings is 1. The Morgan fingerprint density at radius 2 is 1.69 bits per heavy atom. The lowest BCUT2D eigenvalue weighted by Crippen LogP contribution is -1.95. The standard InChI is InChI=1S/C11H16O2/c1-5-13-10-6-8(2)11(12-4)9(3)7-10/h6-7H,5H2,1-4H3. The van der Waals surface area contributed by atoms with Gasteiger partial charge in [-0.3, -0.25) is 0 Å². The second-order valence-corrected chi connectivity index (χ2v) is 3.02. The van der Waals surface area contributed by atoms with Gasteiger partial charge in [-0.15, -0.1) is 0 Å². The maximum absolute atomic E-state index is 5.41. The summed E-state index contributed by atoms with van der Waals surface area (Å²) in [6.07, 6.45) is 0.